The number of hydrogen-bond donors (Lipinski definition) is 4. The molecule has 0 radical (unpaired) electrons. The molecule has 0 aliphatic carbocycles. The van der Waals surface area contributed by atoms with Crippen molar-refractivity contribution in [3.05, 3.63) is 65.7 Å². The summed E-state index contributed by atoms with van der Waals surface area (Å²) in [5, 5.41) is 3.08. The van der Waals surface area contributed by atoms with E-state index in [1.165, 1.54) is 37.5 Å². The van der Waals surface area contributed by atoms with Gasteiger partial charge in [0.1, 0.15) is 11.6 Å². The molecule has 2 aromatic heterocycles. The number of benzene rings is 1. The van der Waals surface area contributed by atoms with Crippen LogP contribution in [0.4, 0.5) is 33.1 Å². The van der Waals surface area contributed by atoms with E-state index in [0.29, 0.717) is 11.3 Å². The van der Waals surface area contributed by atoms with Crippen LogP contribution in [0.3, 0.4) is 0 Å². The first kappa shape index (κ1) is 26.2. The van der Waals surface area contributed by atoms with Gasteiger partial charge in [-0.1, -0.05) is 12.0 Å². The van der Waals surface area contributed by atoms with Crippen molar-refractivity contribution < 1.29 is 22.4 Å². The molecule has 188 valence electrons. The van der Waals surface area contributed by atoms with Gasteiger partial charge in [-0.25, -0.2) is 23.9 Å². The first-order valence-electron chi connectivity index (χ1n) is 10.5. The second-order valence-corrected chi connectivity index (χ2v) is 9.32. The van der Waals surface area contributed by atoms with Crippen molar-refractivity contribution in [3.63, 3.8) is 0 Å². The molecular weight excluding hydrogens is 489 g/mol. The van der Waals surface area contributed by atoms with Crippen LogP contribution in [0.15, 0.2) is 48.7 Å². The van der Waals surface area contributed by atoms with Gasteiger partial charge in [0.2, 0.25) is 16.0 Å². The molecule has 13 heteroatoms. The Bertz CT molecular complexity index is 1410. The molecule has 0 bridgehead atoms. The highest BCUT2D eigenvalue weighted by Crippen LogP contribution is 2.32. The number of anilines is 5. The van der Waals surface area contributed by atoms with Gasteiger partial charge < -0.3 is 5.32 Å². The molecule has 0 atom stereocenters. The number of carbonyl (C=O) groups excluding carboxylic acids is 1. The Morgan fingerprint density at radius 1 is 1.17 bits per heavy atom. The highest BCUT2D eigenvalue weighted by molar-refractivity contribution is 7.92. The molecule has 0 saturated carbocycles. The number of nitrogens with one attached hydrogen (secondary N) is 4. The summed E-state index contributed by atoms with van der Waals surface area (Å²) in [6.07, 6.45) is 7.84. The van der Waals surface area contributed by atoms with Crippen LogP contribution in [0.1, 0.15) is 22.8 Å². The average molecular weight is 514 g/mol. The summed E-state index contributed by atoms with van der Waals surface area (Å²) in [6, 6.07) is 10.5. The highest BCUT2D eigenvalue weighted by Gasteiger charge is 2.19. The van der Waals surface area contributed by atoms with E-state index in [9.17, 15) is 17.6 Å². The van der Waals surface area contributed by atoms with Crippen molar-refractivity contribution in [2.75, 3.05) is 40.4 Å². The Balaban J connectivity index is 2.00. The lowest BCUT2D eigenvalue weighted by atomic mass is 10.1. The lowest BCUT2D eigenvalue weighted by molar-refractivity contribution is 0.0365. The number of aromatic nitrogens is 2. The number of hydroxylamine groups is 1. The first-order valence-corrected chi connectivity index (χ1v) is 12.4. The minimum absolute atomic E-state index is 0.104. The highest BCUT2D eigenvalue weighted by atomic mass is 32.2. The third-order valence-electron chi connectivity index (χ3n) is 4.76. The molecule has 0 fully saturated rings. The number of hydrazine groups is 1. The molecule has 3 rings (SSSR count). The second-order valence-electron chi connectivity index (χ2n) is 7.31. The van der Waals surface area contributed by atoms with E-state index in [4.69, 9.17) is 11.3 Å². The number of pyridine rings is 2. The van der Waals surface area contributed by atoms with Crippen molar-refractivity contribution in [1.82, 2.24) is 15.4 Å². The van der Waals surface area contributed by atoms with E-state index in [-0.39, 0.29) is 35.2 Å². The number of halogens is 1. The molecule has 1 amide bonds. The molecular formula is C23H24FN7O4S. The van der Waals surface area contributed by atoms with Crippen LogP contribution >= 0.6 is 0 Å². The van der Waals surface area contributed by atoms with Crippen LogP contribution in [0.25, 0.3) is 0 Å². The Kier molecular flexibility index (Phi) is 8.26. The first-order chi connectivity index (χ1) is 17.1. The van der Waals surface area contributed by atoms with Crippen molar-refractivity contribution in [1.29, 1.82) is 0 Å². The van der Waals surface area contributed by atoms with Gasteiger partial charge in [0.25, 0.3) is 5.91 Å². The molecule has 4 N–H and O–H groups in total. The number of amides is 1. The SMILES string of the molecule is C#Cc1ccc(Nc2cc(NNc3cccc(F)n3)ncc2C(=O)NOCC)c(N(C)S(C)(=O)=O)c1. The van der Waals surface area contributed by atoms with E-state index >= 15 is 0 Å². The van der Waals surface area contributed by atoms with Gasteiger partial charge in [-0.05, 0) is 37.3 Å². The minimum Gasteiger partial charge on any atom is -0.353 e. The van der Waals surface area contributed by atoms with E-state index in [1.54, 1.807) is 25.1 Å². The second kappa shape index (κ2) is 11.3. The van der Waals surface area contributed by atoms with Crippen LogP contribution in [0, 0.1) is 18.3 Å². The van der Waals surface area contributed by atoms with E-state index < -0.39 is 21.9 Å². The van der Waals surface area contributed by atoms with E-state index in [0.717, 1.165) is 10.6 Å². The molecule has 0 saturated heterocycles. The molecule has 3 aromatic rings. The third kappa shape index (κ3) is 6.59. The summed E-state index contributed by atoms with van der Waals surface area (Å²) in [6.45, 7) is 1.94. The van der Waals surface area contributed by atoms with Gasteiger partial charge in [-0.2, -0.15) is 4.39 Å². The Morgan fingerprint density at radius 2 is 1.92 bits per heavy atom. The number of terminal acetylenes is 1. The molecule has 36 heavy (non-hydrogen) atoms. The normalized spacial score (nSPS) is 10.8. The van der Waals surface area contributed by atoms with Crippen LogP contribution in [0.5, 0.6) is 0 Å². The molecule has 0 aliphatic heterocycles. The summed E-state index contributed by atoms with van der Waals surface area (Å²) >= 11 is 0. The topological polar surface area (TPSA) is 138 Å². The van der Waals surface area contributed by atoms with Gasteiger partial charge >= 0.3 is 0 Å². The van der Waals surface area contributed by atoms with Crippen LogP contribution in [0.2, 0.25) is 0 Å². The predicted molar refractivity (Wildman–Crippen MR) is 136 cm³/mol. The van der Waals surface area contributed by atoms with Gasteiger partial charge in [0.05, 0.1) is 35.5 Å². The monoisotopic (exact) mass is 513 g/mol. The smallest absolute Gasteiger partial charge is 0.278 e. The fourth-order valence-electron chi connectivity index (χ4n) is 2.92. The van der Waals surface area contributed by atoms with Gasteiger partial charge in [0, 0.05) is 24.9 Å². The molecule has 0 aliphatic rings. The maximum Gasteiger partial charge on any atom is 0.278 e. The number of sulfonamides is 1. The van der Waals surface area contributed by atoms with Gasteiger partial charge in [0.15, 0.2) is 0 Å². The van der Waals surface area contributed by atoms with Gasteiger partial charge in [-0.15, -0.1) is 6.42 Å². The van der Waals surface area contributed by atoms with Crippen molar-refractivity contribution >= 4 is 44.6 Å². The van der Waals surface area contributed by atoms with E-state index in [1.807, 2.05) is 0 Å². The van der Waals surface area contributed by atoms with Crippen LogP contribution in [-0.4, -0.2) is 44.2 Å². The fourth-order valence-corrected chi connectivity index (χ4v) is 3.43. The summed E-state index contributed by atoms with van der Waals surface area (Å²) in [5.74, 6) is 1.66. The molecule has 11 nitrogen and oxygen atoms in total. The maximum atomic E-state index is 13.4. The molecule has 2 heterocycles. The Hall–Kier alpha value is -4.41. The van der Waals surface area contributed by atoms with Crippen LogP contribution in [-0.2, 0) is 14.9 Å². The third-order valence-corrected chi connectivity index (χ3v) is 5.95. The van der Waals surface area contributed by atoms with Crippen molar-refractivity contribution in [2.45, 2.75) is 6.92 Å². The Labute approximate surface area is 208 Å². The molecule has 0 unspecified atom stereocenters. The summed E-state index contributed by atoms with van der Waals surface area (Å²) in [4.78, 5) is 25.6. The zero-order valence-electron chi connectivity index (χ0n) is 19.7. The predicted octanol–water partition coefficient (Wildman–Crippen LogP) is 2.86. The summed E-state index contributed by atoms with van der Waals surface area (Å²) < 4.78 is 38.9. The maximum absolute atomic E-state index is 13.4. The number of carbonyl (C=O) groups is 1. The lowest BCUT2D eigenvalue weighted by Crippen LogP contribution is -2.26. The molecule has 0 spiro atoms. The minimum atomic E-state index is -3.63. The number of nitrogens with zero attached hydrogens (tertiary/aromatic N) is 3. The number of hydrogen-bond acceptors (Lipinski definition) is 9. The van der Waals surface area contributed by atoms with Crippen LogP contribution < -0.4 is 26.0 Å². The quantitative estimate of drug-likeness (QED) is 0.183. The number of rotatable bonds is 10. The standard InChI is InChI=1S/C23H24FN7O4S/c1-5-15-10-11-17(19(12-15)31(3)36(4,33)34)26-18-13-22(25-14-16(18)23(32)30-35-6-2)29-28-21-9-7-8-20(24)27-21/h1,7-14H,6H2,2-4H3,(H,27,28)(H,30,32)(H2,25,26,29). The van der Waals surface area contributed by atoms with Crippen molar-refractivity contribution in [3.8, 4) is 12.3 Å². The fraction of sp³-hybridized carbons (Fsp3) is 0.174. The summed E-state index contributed by atoms with van der Waals surface area (Å²) in [5.41, 5.74) is 9.23. The van der Waals surface area contributed by atoms with E-state index in [2.05, 4.69) is 37.5 Å². The zero-order chi connectivity index (χ0) is 26.3. The largest absolute Gasteiger partial charge is 0.353 e. The Morgan fingerprint density at radius 3 is 2.58 bits per heavy atom. The average Bonchev–Trinajstić information content (AvgIpc) is 2.85. The summed E-state index contributed by atoms with van der Waals surface area (Å²) in [7, 11) is -2.25. The van der Waals surface area contributed by atoms with Gasteiger partial charge in [-0.3, -0.25) is 24.8 Å². The molecule has 1 aromatic carbocycles. The van der Waals surface area contributed by atoms with Crippen molar-refractivity contribution in [2.24, 2.45) is 0 Å². The lowest BCUT2D eigenvalue weighted by Gasteiger charge is -2.22. The zero-order valence-corrected chi connectivity index (χ0v) is 20.5.